The maximum Gasteiger partial charge on any atom is 0.0453 e. The molecule has 1 unspecified atom stereocenters. The molecule has 0 heterocycles. The van der Waals surface area contributed by atoms with E-state index in [1.54, 1.807) is 0 Å². The molecular formula is C12H17Cl2NS. The third-order valence-corrected chi connectivity index (χ3v) is 4.20. The highest BCUT2D eigenvalue weighted by molar-refractivity contribution is 7.99. The number of likely N-dealkylation sites (N-methyl/N-ethyl adjacent to an activating group) is 1. The first-order chi connectivity index (χ1) is 7.69. The topological polar surface area (TPSA) is 12.0 Å². The summed E-state index contributed by atoms with van der Waals surface area (Å²) in [5.41, 5.74) is 1.04. The molecule has 0 amide bonds. The van der Waals surface area contributed by atoms with Gasteiger partial charge in [0.15, 0.2) is 0 Å². The Morgan fingerprint density at radius 3 is 2.44 bits per heavy atom. The third-order valence-electron chi connectivity index (χ3n) is 2.44. The standard InChI is InChI=1S/C12H17Cl2NS/c1-3-16-8-9(15-2)7-10-11(13)5-4-6-12(10)14/h4-6,9,15H,3,7-8H2,1-2H3. The first-order valence-electron chi connectivity index (χ1n) is 5.37. The lowest BCUT2D eigenvalue weighted by Crippen LogP contribution is -2.30. The van der Waals surface area contributed by atoms with Gasteiger partial charge in [-0.3, -0.25) is 0 Å². The minimum atomic E-state index is 0.419. The van der Waals surface area contributed by atoms with Crippen LogP contribution in [0.1, 0.15) is 12.5 Å². The first kappa shape index (κ1) is 14.2. The highest BCUT2D eigenvalue weighted by Gasteiger charge is 2.12. The van der Waals surface area contributed by atoms with Gasteiger partial charge in [-0.1, -0.05) is 36.2 Å². The van der Waals surface area contributed by atoms with E-state index >= 15 is 0 Å². The lowest BCUT2D eigenvalue weighted by Gasteiger charge is -2.17. The van der Waals surface area contributed by atoms with E-state index in [4.69, 9.17) is 23.2 Å². The fraction of sp³-hybridized carbons (Fsp3) is 0.500. The van der Waals surface area contributed by atoms with Gasteiger partial charge in [0.25, 0.3) is 0 Å². The number of thioether (sulfide) groups is 1. The van der Waals surface area contributed by atoms with E-state index in [0.717, 1.165) is 33.5 Å². The SMILES string of the molecule is CCSCC(Cc1c(Cl)cccc1Cl)NC. The van der Waals surface area contributed by atoms with Gasteiger partial charge in [-0.2, -0.15) is 11.8 Å². The minimum Gasteiger partial charge on any atom is -0.316 e. The summed E-state index contributed by atoms with van der Waals surface area (Å²) in [5.74, 6) is 2.21. The molecule has 0 spiro atoms. The highest BCUT2D eigenvalue weighted by Crippen LogP contribution is 2.26. The van der Waals surface area contributed by atoms with Crippen molar-refractivity contribution in [2.24, 2.45) is 0 Å². The van der Waals surface area contributed by atoms with Crippen molar-refractivity contribution in [3.05, 3.63) is 33.8 Å². The van der Waals surface area contributed by atoms with E-state index in [9.17, 15) is 0 Å². The zero-order valence-electron chi connectivity index (χ0n) is 9.59. The molecule has 1 nitrogen and oxygen atoms in total. The summed E-state index contributed by atoms with van der Waals surface area (Å²) in [6, 6.07) is 6.08. The maximum atomic E-state index is 6.15. The lowest BCUT2D eigenvalue weighted by molar-refractivity contribution is 0.617. The molecule has 1 aromatic carbocycles. The van der Waals surface area contributed by atoms with Crippen molar-refractivity contribution in [3.63, 3.8) is 0 Å². The van der Waals surface area contributed by atoms with Crippen LogP contribution in [0, 0.1) is 0 Å². The van der Waals surface area contributed by atoms with Crippen LogP contribution in [0.2, 0.25) is 10.0 Å². The lowest BCUT2D eigenvalue weighted by atomic mass is 10.1. The second-order valence-corrected chi connectivity index (χ2v) is 5.68. The fourth-order valence-electron chi connectivity index (χ4n) is 1.48. The number of nitrogens with one attached hydrogen (secondary N) is 1. The maximum absolute atomic E-state index is 6.15. The van der Waals surface area contributed by atoms with Crippen molar-refractivity contribution in [1.29, 1.82) is 0 Å². The number of benzene rings is 1. The average Bonchev–Trinajstić information content (AvgIpc) is 2.28. The van der Waals surface area contributed by atoms with Crippen LogP contribution in [0.25, 0.3) is 0 Å². The van der Waals surface area contributed by atoms with E-state index in [1.807, 2.05) is 37.0 Å². The summed E-state index contributed by atoms with van der Waals surface area (Å²) in [7, 11) is 1.98. The Morgan fingerprint density at radius 2 is 1.94 bits per heavy atom. The molecule has 0 bridgehead atoms. The van der Waals surface area contributed by atoms with Gasteiger partial charge in [-0.05, 0) is 36.9 Å². The van der Waals surface area contributed by atoms with E-state index in [0.29, 0.717) is 6.04 Å². The largest absolute Gasteiger partial charge is 0.316 e. The molecule has 0 saturated heterocycles. The van der Waals surface area contributed by atoms with Crippen LogP contribution < -0.4 is 5.32 Å². The number of rotatable bonds is 6. The van der Waals surface area contributed by atoms with Crippen molar-refractivity contribution < 1.29 is 0 Å². The molecule has 16 heavy (non-hydrogen) atoms. The van der Waals surface area contributed by atoms with Gasteiger partial charge in [-0.25, -0.2) is 0 Å². The van der Waals surface area contributed by atoms with Gasteiger partial charge < -0.3 is 5.32 Å². The van der Waals surface area contributed by atoms with Gasteiger partial charge in [0, 0.05) is 21.8 Å². The predicted octanol–water partition coefficient (Wildman–Crippen LogP) is 3.88. The monoisotopic (exact) mass is 277 g/mol. The van der Waals surface area contributed by atoms with Crippen molar-refractivity contribution >= 4 is 35.0 Å². The zero-order chi connectivity index (χ0) is 12.0. The van der Waals surface area contributed by atoms with Gasteiger partial charge in [0.1, 0.15) is 0 Å². The first-order valence-corrected chi connectivity index (χ1v) is 7.28. The van der Waals surface area contributed by atoms with Crippen LogP contribution in [-0.2, 0) is 6.42 Å². The average molecular weight is 278 g/mol. The third kappa shape index (κ3) is 4.17. The normalized spacial score (nSPS) is 12.8. The summed E-state index contributed by atoms with van der Waals surface area (Å²) in [5, 5.41) is 4.82. The summed E-state index contributed by atoms with van der Waals surface area (Å²) < 4.78 is 0. The second-order valence-electron chi connectivity index (χ2n) is 3.55. The summed E-state index contributed by atoms with van der Waals surface area (Å²) in [6.07, 6.45) is 0.877. The van der Waals surface area contributed by atoms with Crippen molar-refractivity contribution in [2.45, 2.75) is 19.4 Å². The zero-order valence-corrected chi connectivity index (χ0v) is 11.9. The molecule has 0 saturated carbocycles. The molecule has 1 N–H and O–H groups in total. The molecule has 0 aromatic heterocycles. The van der Waals surface area contributed by atoms with Crippen LogP contribution in [-0.4, -0.2) is 24.6 Å². The van der Waals surface area contributed by atoms with Crippen LogP contribution in [0.15, 0.2) is 18.2 Å². The molecule has 0 fully saturated rings. The minimum absolute atomic E-state index is 0.419. The number of hydrogen-bond donors (Lipinski definition) is 1. The molecule has 0 aliphatic rings. The Balaban J connectivity index is 2.69. The van der Waals surface area contributed by atoms with Crippen LogP contribution >= 0.6 is 35.0 Å². The molecule has 0 radical (unpaired) electrons. The number of hydrogen-bond acceptors (Lipinski definition) is 2. The summed E-state index contributed by atoms with van der Waals surface area (Å²) in [6.45, 7) is 2.17. The van der Waals surface area contributed by atoms with E-state index in [1.165, 1.54) is 0 Å². The van der Waals surface area contributed by atoms with Crippen molar-refractivity contribution in [2.75, 3.05) is 18.6 Å². The van der Waals surface area contributed by atoms with E-state index < -0.39 is 0 Å². The highest BCUT2D eigenvalue weighted by atomic mass is 35.5. The van der Waals surface area contributed by atoms with Crippen LogP contribution in [0.5, 0.6) is 0 Å². The van der Waals surface area contributed by atoms with Gasteiger partial charge in [0.05, 0.1) is 0 Å². The second kappa shape index (κ2) is 7.44. The van der Waals surface area contributed by atoms with E-state index in [2.05, 4.69) is 12.2 Å². The van der Waals surface area contributed by atoms with Gasteiger partial charge >= 0.3 is 0 Å². The Hall–Kier alpha value is 0.110. The molecular weight excluding hydrogens is 261 g/mol. The molecule has 1 atom stereocenters. The molecule has 90 valence electrons. The molecule has 0 aliphatic heterocycles. The Kier molecular flexibility index (Phi) is 6.59. The molecule has 1 rings (SSSR count). The van der Waals surface area contributed by atoms with Crippen LogP contribution in [0.3, 0.4) is 0 Å². The summed E-state index contributed by atoms with van der Waals surface area (Å²) >= 11 is 14.2. The Bertz CT molecular complexity index is 311. The quantitative estimate of drug-likeness (QED) is 0.847. The predicted molar refractivity (Wildman–Crippen MR) is 76.0 cm³/mol. The molecule has 0 aliphatic carbocycles. The van der Waals surface area contributed by atoms with Crippen molar-refractivity contribution in [1.82, 2.24) is 5.32 Å². The smallest absolute Gasteiger partial charge is 0.0453 e. The van der Waals surface area contributed by atoms with Crippen LogP contribution in [0.4, 0.5) is 0 Å². The van der Waals surface area contributed by atoms with Gasteiger partial charge in [-0.15, -0.1) is 0 Å². The van der Waals surface area contributed by atoms with Gasteiger partial charge in [0.2, 0.25) is 0 Å². The molecule has 1 aromatic rings. The molecule has 4 heteroatoms. The number of halogens is 2. The van der Waals surface area contributed by atoms with Crippen molar-refractivity contribution in [3.8, 4) is 0 Å². The van der Waals surface area contributed by atoms with E-state index in [-0.39, 0.29) is 0 Å². The Labute approximate surface area is 112 Å². The Morgan fingerprint density at radius 1 is 1.31 bits per heavy atom. The summed E-state index contributed by atoms with van der Waals surface area (Å²) in [4.78, 5) is 0. The fourth-order valence-corrected chi connectivity index (χ4v) is 2.83.